The summed E-state index contributed by atoms with van der Waals surface area (Å²) in [7, 11) is 1.70. The minimum atomic E-state index is -1.07. The van der Waals surface area contributed by atoms with Crippen LogP contribution in [0.25, 0.3) is 21.9 Å². The number of methoxy groups -OCH3 is 1. The van der Waals surface area contributed by atoms with Gasteiger partial charge in [-0.05, 0) is 160 Å². The molecule has 4 fully saturated rings. The van der Waals surface area contributed by atoms with Crippen LogP contribution >= 0.6 is 0 Å². The molecule has 13 heteroatoms. The lowest BCUT2D eigenvalue weighted by Gasteiger charge is -2.50. The van der Waals surface area contributed by atoms with Crippen LogP contribution in [0.1, 0.15) is 124 Å². The zero-order valence-corrected chi connectivity index (χ0v) is 43.0. The molecule has 396 valence electrons. The summed E-state index contributed by atoms with van der Waals surface area (Å²) in [5.41, 5.74) is 4.68. The Labute approximate surface area is 439 Å². The number of nitrogens with one attached hydrogen (secondary N) is 2. The predicted molar refractivity (Wildman–Crippen MR) is 284 cm³/mol. The lowest BCUT2D eigenvalue weighted by Crippen LogP contribution is -2.69. The molecular formula is C62H72N2O11. The molecule has 5 aromatic rings. The maximum Gasteiger partial charge on any atom is 0.149 e. The van der Waals surface area contributed by atoms with Crippen molar-refractivity contribution in [3.8, 4) is 63.2 Å². The Morgan fingerprint density at radius 1 is 0.787 bits per heavy atom. The van der Waals surface area contributed by atoms with Gasteiger partial charge in [0.1, 0.15) is 53.0 Å². The van der Waals surface area contributed by atoms with Gasteiger partial charge in [0.05, 0.1) is 42.6 Å². The van der Waals surface area contributed by atoms with Gasteiger partial charge in [-0.15, -0.1) is 0 Å². The fourth-order valence-corrected chi connectivity index (χ4v) is 14.5. The average molecular weight is 1020 g/mol. The van der Waals surface area contributed by atoms with Gasteiger partial charge in [0.15, 0.2) is 0 Å². The largest absolute Gasteiger partial charge is 0.508 e. The summed E-state index contributed by atoms with van der Waals surface area (Å²) < 4.78 is 41.2. The van der Waals surface area contributed by atoms with Gasteiger partial charge in [-0.2, -0.15) is 0 Å². The summed E-state index contributed by atoms with van der Waals surface area (Å²) in [6, 6.07) is 23.3. The molecule has 9 unspecified atom stereocenters. The highest BCUT2D eigenvalue weighted by molar-refractivity contribution is 5.96. The van der Waals surface area contributed by atoms with Crippen molar-refractivity contribution >= 4 is 10.8 Å². The minimum Gasteiger partial charge on any atom is -0.508 e. The fraction of sp³-hybridized carbons (Fsp3) is 0.516. The SMILES string of the molecule is COCCCC1Oc2c3cc(c4cc(O)ccc24)OCC#CC2CNC4(CCC5(CCCC5)C4)NC2C(CCO)OC3C1C1COc2c(Cc3cc(O)ccc3-c3cccc(O)c3)cc(OC3CCCC3)cc2C1O. The molecule has 0 aromatic heterocycles. The second kappa shape index (κ2) is 21.0. The van der Waals surface area contributed by atoms with Gasteiger partial charge in [0, 0.05) is 78.6 Å². The van der Waals surface area contributed by atoms with E-state index in [2.05, 4.69) is 22.5 Å². The lowest BCUT2D eigenvalue weighted by molar-refractivity contribution is -0.148. The van der Waals surface area contributed by atoms with Crippen LogP contribution in [-0.2, 0) is 15.9 Å². The molecule has 3 saturated carbocycles. The fourth-order valence-electron chi connectivity index (χ4n) is 14.5. The van der Waals surface area contributed by atoms with E-state index in [-0.39, 0.29) is 60.8 Å². The van der Waals surface area contributed by atoms with Crippen molar-refractivity contribution < 1.29 is 54.0 Å². The Morgan fingerprint density at radius 2 is 1.61 bits per heavy atom. The predicted octanol–water partition coefficient (Wildman–Crippen LogP) is 9.90. The van der Waals surface area contributed by atoms with Crippen molar-refractivity contribution in [3.05, 3.63) is 101 Å². The van der Waals surface area contributed by atoms with Crippen LogP contribution in [0.4, 0.5) is 0 Å². The Balaban J connectivity index is 0.979. The quantitative estimate of drug-likeness (QED) is 0.0464. The molecule has 2 bridgehead atoms. The van der Waals surface area contributed by atoms with Crippen molar-refractivity contribution in [2.24, 2.45) is 23.2 Å². The third kappa shape index (κ3) is 9.88. The first-order chi connectivity index (χ1) is 36.6. The van der Waals surface area contributed by atoms with Crippen LogP contribution in [0.2, 0.25) is 0 Å². The van der Waals surface area contributed by atoms with Gasteiger partial charge < -0.3 is 54.0 Å². The second-order valence-corrected chi connectivity index (χ2v) is 22.7. The van der Waals surface area contributed by atoms with Crippen molar-refractivity contribution in [1.29, 1.82) is 0 Å². The molecule has 5 aromatic carbocycles. The van der Waals surface area contributed by atoms with E-state index in [0.717, 1.165) is 71.7 Å². The molecule has 3 aliphatic carbocycles. The maximum atomic E-state index is 13.4. The molecule has 0 amide bonds. The molecule has 75 heavy (non-hydrogen) atoms. The van der Waals surface area contributed by atoms with Crippen LogP contribution in [0.5, 0.6) is 40.2 Å². The Bertz CT molecular complexity index is 2960. The van der Waals surface area contributed by atoms with Gasteiger partial charge in [-0.3, -0.25) is 10.6 Å². The lowest BCUT2D eigenvalue weighted by atomic mass is 9.72. The number of aliphatic hydroxyl groups excluding tert-OH is 2. The Kier molecular flexibility index (Phi) is 14.0. The van der Waals surface area contributed by atoms with Gasteiger partial charge in [0.25, 0.3) is 0 Å². The van der Waals surface area contributed by atoms with Crippen LogP contribution < -0.4 is 29.6 Å². The molecule has 9 atom stereocenters. The Morgan fingerprint density at radius 3 is 2.44 bits per heavy atom. The molecule has 12 rings (SSSR count). The van der Waals surface area contributed by atoms with Gasteiger partial charge in [-0.25, -0.2) is 0 Å². The number of ether oxygens (including phenoxy) is 6. The van der Waals surface area contributed by atoms with Crippen LogP contribution in [0, 0.1) is 35.0 Å². The topological polar surface area (TPSA) is 181 Å². The molecule has 7 N–H and O–H groups in total. The van der Waals surface area contributed by atoms with E-state index >= 15 is 0 Å². The first-order valence-corrected chi connectivity index (χ1v) is 27.7. The van der Waals surface area contributed by atoms with Crippen molar-refractivity contribution in [3.63, 3.8) is 0 Å². The molecule has 1 saturated heterocycles. The van der Waals surface area contributed by atoms with E-state index < -0.39 is 36.3 Å². The molecule has 0 radical (unpaired) electrons. The Hall–Kier alpha value is -5.72. The molecule has 13 nitrogen and oxygen atoms in total. The van der Waals surface area contributed by atoms with Crippen LogP contribution in [-0.4, -0.2) is 95.6 Å². The van der Waals surface area contributed by atoms with Crippen molar-refractivity contribution in [2.45, 2.75) is 139 Å². The molecular weight excluding hydrogens is 949 g/mol. The average Bonchev–Trinajstić information content (AvgIpc) is 4.19. The zero-order chi connectivity index (χ0) is 51.3. The van der Waals surface area contributed by atoms with E-state index in [9.17, 15) is 25.5 Å². The second-order valence-electron chi connectivity index (χ2n) is 22.7. The highest BCUT2D eigenvalue weighted by atomic mass is 16.5. The molecule has 4 aliphatic heterocycles. The first-order valence-electron chi connectivity index (χ1n) is 27.7. The number of benzene rings is 5. The number of hydrogen-bond donors (Lipinski definition) is 7. The van der Waals surface area contributed by atoms with E-state index in [4.69, 9.17) is 28.4 Å². The van der Waals surface area contributed by atoms with E-state index in [1.807, 2.05) is 36.4 Å². The number of hydrogen-bond acceptors (Lipinski definition) is 13. The smallest absolute Gasteiger partial charge is 0.149 e. The van der Waals surface area contributed by atoms with Gasteiger partial charge >= 0.3 is 0 Å². The molecule has 2 spiro atoms. The third-order valence-electron chi connectivity index (χ3n) is 18.0. The summed E-state index contributed by atoms with van der Waals surface area (Å²) in [6.07, 6.45) is 11.6. The first kappa shape index (κ1) is 50.1. The third-order valence-corrected chi connectivity index (χ3v) is 18.0. The summed E-state index contributed by atoms with van der Waals surface area (Å²) in [6.45, 7) is 1.32. The summed E-state index contributed by atoms with van der Waals surface area (Å²) in [5, 5.41) is 66.3. The van der Waals surface area contributed by atoms with E-state index in [0.29, 0.717) is 78.2 Å². The minimum absolute atomic E-state index is 0.0378. The number of phenols is 3. The molecule has 4 heterocycles. The van der Waals surface area contributed by atoms with Gasteiger partial charge in [0.2, 0.25) is 0 Å². The summed E-state index contributed by atoms with van der Waals surface area (Å²) in [5.74, 6) is 8.43. The molecule has 7 aliphatic rings. The monoisotopic (exact) mass is 1020 g/mol. The normalized spacial score (nSPS) is 28.8. The number of phenolic OH excluding ortho intramolecular Hbond substituents is 3. The van der Waals surface area contributed by atoms with Crippen molar-refractivity contribution in [1.82, 2.24) is 10.6 Å². The van der Waals surface area contributed by atoms with E-state index in [1.165, 1.54) is 32.1 Å². The number of aliphatic hydroxyl groups is 2. The maximum absolute atomic E-state index is 13.4. The van der Waals surface area contributed by atoms with Gasteiger partial charge in [-0.1, -0.05) is 42.9 Å². The number of rotatable bonds is 12. The summed E-state index contributed by atoms with van der Waals surface area (Å²) in [4.78, 5) is 0. The highest BCUT2D eigenvalue weighted by Crippen LogP contribution is 2.57. The van der Waals surface area contributed by atoms with Crippen molar-refractivity contribution in [2.75, 3.05) is 40.1 Å². The number of fused-ring (bicyclic) bond motifs is 6. The number of aromatic hydroxyl groups is 3. The zero-order valence-electron chi connectivity index (χ0n) is 43.0. The van der Waals surface area contributed by atoms with Crippen LogP contribution in [0.3, 0.4) is 0 Å². The summed E-state index contributed by atoms with van der Waals surface area (Å²) >= 11 is 0. The van der Waals surface area contributed by atoms with E-state index in [1.54, 1.807) is 49.6 Å². The van der Waals surface area contributed by atoms with Crippen LogP contribution in [0.15, 0.2) is 78.9 Å². The highest BCUT2D eigenvalue weighted by Gasteiger charge is 2.55. The standard InChI is InChI=1S/C62H72N2O11/c1-70-25-8-14-52-55(51-35-72-58-40(30-45(32-49(58)57(51)69)73-44-12-2-3-13-44)27-39-29-42(67)15-17-46(39)37-9-6-11-41(66)28-37)60-50-33-54(48-31-43(68)16-18-47(48)59(50)74-52)71-26-7-10-38-34-63-62(64-56(38)53(75-60)19-24-65)23-22-61(36-62)20-4-5-21-61/h6,9,11,15-18,28-33,38,44,51-53,55-57,60,63-69H,2-5,8,12-14,19-27,34-36H2,1H3.